The third-order valence-electron chi connectivity index (χ3n) is 4.57. The van der Waals surface area contributed by atoms with Crippen LogP contribution in [0.4, 0.5) is 10.1 Å². The zero-order valence-corrected chi connectivity index (χ0v) is 16.4. The molecule has 2 N–H and O–H groups in total. The molecule has 31 heavy (non-hydrogen) atoms. The molecule has 7 heteroatoms. The molecule has 0 aliphatic heterocycles. The molecule has 0 saturated carbocycles. The highest BCUT2D eigenvalue weighted by atomic mass is 19.1. The Morgan fingerprint density at radius 3 is 2.48 bits per heavy atom. The van der Waals surface area contributed by atoms with Crippen molar-refractivity contribution in [3.63, 3.8) is 0 Å². The predicted octanol–water partition coefficient (Wildman–Crippen LogP) is 4.54. The van der Waals surface area contributed by atoms with Gasteiger partial charge in [0.1, 0.15) is 11.5 Å². The van der Waals surface area contributed by atoms with Crippen molar-refractivity contribution in [2.45, 2.75) is 0 Å². The number of anilines is 1. The van der Waals surface area contributed by atoms with E-state index in [4.69, 9.17) is 5.41 Å². The van der Waals surface area contributed by atoms with Crippen LogP contribution in [-0.4, -0.2) is 21.0 Å². The van der Waals surface area contributed by atoms with Gasteiger partial charge in [0.25, 0.3) is 0 Å². The first-order chi connectivity index (χ1) is 15.2. The molecule has 0 radical (unpaired) electrons. The molecule has 0 aliphatic rings. The number of hydrogen-bond acceptors (Lipinski definition) is 5. The summed E-state index contributed by atoms with van der Waals surface area (Å²) in [5.74, 6) is -0.481. The molecular formula is C24H18FN5O. The molecule has 0 unspecified atom stereocenters. The molecular weight excluding hydrogens is 393 g/mol. The van der Waals surface area contributed by atoms with Crippen LogP contribution in [0.1, 0.15) is 5.69 Å². The van der Waals surface area contributed by atoms with Crippen molar-refractivity contribution in [1.29, 1.82) is 5.41 Å². The lowest BCUT2D eigenvalue weighted by atomic mass is 10.1. The van der Waals surface area contributed by atoms with E-state index in [1.54, 1.807) is 36.7 Å². The van der Waals surface area contributed by atoms with Gasteiger partial charge in [0.15, 0.2) is 5.69 Å². The number of aromatic nitrogens is 3. The molecule has 0 amide bonds. The maximum atomic E-state index is 14.9. The summed E-state index contributed by atoms with van der Waals surface area (Å²) in [7, 11) is 0. The van der Waals surface area contributed by atoms with Crippen molar-refractivity contribution in [3.05, 3.63) is 113 Å². The largest absolute Gasteiger partial charge is 0.354 e. The number of benzene rings is 2. The lowest BCUT2D eigenvalue weighted by Gasteiger charge is -2.13. The van der Waals surface area contributed by atoms with Crippen LogP contribution in [0.25, 0.3) is 22.5 Å². The number of nitrogens with one attached hydrogen (secondary N) is 2. The van der Waals surface area contributed by atoms with E-state index in [-0.39, 0.29) is 16.8 Å². The fourth-order valence-corrected chi connectivity index (χ4v) is 3.09. The van der Waals surface area contributed by atoms with Gasteiger partial charge in [-0.3, -0.25) is 9.78 Å². The van der Waals surface area contributed by atoms with Gasteiger partial charge < -0.3 is 10.7 Å². The summed E-state index contributed by atoms with van der Waals surface area (Å²) in [5, 5.41) is 14.9. The summed E-state index contributed by atoms with van der Waals surface area (Å²) >= 11 is 0. The smallest absolute Gasteiger partial charge is 0.209 e. The second-order valence-corrected chi connectivity index (χ2v) is 6.61. The van der Waals surface area contributed by atoms with Gasteiger partial charge in [-0.25, -0.2) is 9.07 Å². The highest BCUT2D eigenvalue weighted by molar-refractivity contribution is 5.86. The Balaban J connectivity index is 1.73. The van der Waals surface area contributed by atoms with Crippen LogP contribution < -0.4 is 10.7 Å². The van der Waals surface area contributed by atoms with Crippen molar-refractivity contribution >= 4 is 17.6 Å². The van der Waals surface area contributed by atoms with Gasteiger partial charge in [0.2, 0.25) is 5.43 Å². The van der Waals surface area contributed by atoms with Gasteiger partial charge >= 0.3 is 0 Å². The zero-order chi connectivity index (χ0) is 21.6. The van der Waals surface area contributed by atoms with Crippen LogP contribution in [0.5, 0.6) is 0 Å². The fourth-order valence-electron chi connectivity index (χ4n) is 3.09. The number of halogens is 1. The second-order valence-electron chi connectivity index (χ2n) is 6.61. The van der Waals surface area contributed by atoms with Crippen LogP contribution in [0.3, 0.4) is 0 Å². The van der Waals surface area contributed by atoms with Crippen LogP contribution in [0.15, 0.2) is 96.2 Å². The minimum Gasteiger partial charge on any atom is -0.354 e. The van der Waals surface area contributed by atoms with Gasteiger partial charge in [-0.05, 0) is 53.6 Å². The lowest BCUT2D eigenvalue weighted by molar-refractivity contribution is 0.608. The Morgan fingerprint density at radius 1 is 1.00 bits per heavy atom. The molecule has 2 aromatic carbocycles. The van der Waals surface area contributed by atoms with Crippen molar-refractivity contribution in [2.24, 2.45) is 0 Å². The van der Waals surface area contributed by atoms with E-state index in [0.29, 0.717) is 11.3 Å². The molecule has 4 rings (SSSR count). The number of rotatable bonds is 6. The maximum absolute atomic E-state index is 14.9. The van der Waals surface area contributed by atoms with E-state index in [0.717, 1.165) is 17.5 Å². The van der Waals surface area contributed by atoms with E-state index >= 15 is 0 Å². The van der Waals surface area contributed by atoms with Crippen LogP contribution in [0.2, 0.25) is 0 Å². The zero-order valence-electron chi connectivity index (χ0n) is 16.4. The Morgan fingerprint density at radius 2 is 1.77 bits per heavy atom. The third-order valence-corrected chi connectivity index (χ3v) is 4.57. The highest BCUT2D eigenvalue weighted by Crippen LogP contribution is 2.23. The second kappa shape index (κ2) is 8.96. The molecule has 0 aliphatic carbocycles. The van der Waals surface area contributed by atoms with E-state index < -0.39 is 5.82 Å². The summed E-state index contributed by atoms with van der Waals surface area (Å²) in [6.07, 6.45) is 7.21. The quantitative estimate of drug-likeness (QED) is 0.457. The van der Waals surface area contributed by atoms with Crippen molar-refractivity contribution in [3.8, 4) is 16.8 Å². The average molecular weight is 411 g/mol. The molecule has 0 fully saturated rings. The number of pyridine rings is 1. The Labute approximate surface area is 177 Å². The van der Waals surface area contributed by atoms with Gasteiger partial charge in [-0.1, -0.05) is 24.3 Å². The monoisotopic (exact) mass is 411 g/mol. The number of para-hydroxylation sites is 1. The molecule has 0 spiro atoms. The number of nitrogens with zero attached hydrogens (tertiary/aromatic N) is 3. The molecule has 152 valence electrons. The summed E-state index contributed by atoms with van der Waals surface area (Å²) in [4.78, 5) is 16.5. The maximum Gasteiger partial charge on any atom is 0.209 e. The van der Waals surface area contributed by atoms with Gasteiger partial charge in [-0.15, -0.1) is 0 Å². The Hall–Kier alpha value is -4.39. The van der Waals surface area contributed by atoms with Crippen molar-refractivity contribution in [1.82, 2.24) is 14.8 Å². The fraction of sp³-hybridized carbons (Fsp3) is 0. The molecule has 4 aromatic rings. The van der Waals surface area contributed by atoms with Crippen LogP contribution >= 0.6 is 0 Å². The van der Waals surface area contributed by atoms with Gasteiger partial charge in [0.05, 0.1) is 5.70 Å². The predicted molar refractivity (Wildman–Crippen MR) is 120 cm³/mol. The summed E-state index contributed by atoms with van der Waals surface area (Å²) in [6.45, 7) is 0. The molecule has 0 saturated heterocycles. The van der Waals surface area contributed by atoms with E-state index in [9.17, 15) is 9.18 Å². The van der Waals surface area contributed by atoms with Crippen LogP contribution in [-0.2, 0) is 0 Å². The van der Waals surface area contributed by atoms with Crippen molar-refractivity contribution in [2.75, 3.05) is 5.32 Å². The van der Waals surface area contributed by atoms with E-state index in [1.807, 2.05) is 30.3 Å². The molecule has 6 nitrogen and oxygen atoms in total. The molecule has 0 bridgehead atoms. The standard InChI is InChI=1S/C24H18FN5O/c25-20-16-18(17-9-13-27-14-10-17)6-7-22(20)30-15-11-23(31)24(29-30)21(8-12-26)28-19-4-2-1-3-5-19/h1-16,26,28H/b21-8-,26-12?. The van der Waals surface area contributed by atoms with Gasteiger partial charge in [-0.2, -0.15) is 5.10 Å². The first-order valence-electron chi connectivity index (χ1n) is 9.49. The number of hydrogen-bond donors (Lipinski definition) is 2. The number of allylic oxidation sites excluding steroid dienone is 1. The summed E-state index contributed by atoms with van der Waals surface area (Å²) in [5.41, 5.74) is 2.56. The first kappa shape index (κ1) is 19.9. The Bertz CT molecular complexity index is 1300. The molecule has 0 atom stereocenters. The third kappa shape index (κ3) is 4.45. The highest BCUT2D eigenvalue weighted by Gasteiger charge is 2.13. The SMILES string of the molecule is N=C/C=C(\Nc1ccccc1)c1nn(-c2ccc(-c3ccncc3)cc2F)ccc1=O. The topological polar surface area (TPSA) is 83.7 Å². The first-order valence-corrected chi connectivity index (χ1v) is 9.49. The lowest BCUT2D eigenvalue weighted by Crippen LogP contribution is -2.18. The minimum atomic E-state index is -0.481. The van der Waals surface area contributed by atoms with Crippen LogP contribution in [0, 0.1) is 11.2 Å². The normalized spacial score (nSPS) is 11.2. The van der Waals surface area contributed by atoms with E-state index in [2.05, 4.69) is 15.4 Å². The summed E-state index contributed by atoms with van der Waals surface area (Å²) < 4.78 is 16.2. The minimum absolute atomic E-state index is 0.0764. The molecule has 2 aromatic heterocycles. The average Bonchev–Trinajstić information content (AvgIpc) is 2.80. The van der Waals surface area contributed by atoms with Crippen molar-refractivity contribution < 1.29 is 4.39 Å². The summed E-state index contributed by atoms with van der Waals surface area (Å²) in [6, 6.07) is 19.0. The Kier molecular flexibility index (Phi) is 5.75. The van der Waals surface area contributed by atoms with Gasteiger partial charge in [0, 0.05) is 36.6 Å². The van der Waals surface area contributed by atoms with E-state index in [1.165, 1.54) is 29.1 Å². The molecule has 2 heterocycles.